The van der Waals surface area contributed by atoms with Crippen molar-refractivity contribution < 1.29 is 4.79 Å². The number of carbonyl (C=O) groups excluding carboxylic acids is 1. The largest absolute Gasteiger partial charge is 0.283 e. The van der Waals surface area contributed by atoms with Gasteiger partial charge >= 0.3 is 0 Å². The minimum atomic E-state index is 0.505. The van der Waals surface area contributed by atoms with Gasteiger partial charge in [-0.1, -0.05) is 18.2 Å². The Morgan fingerprint density at radius 1 is 1.42 bits per heavy atom. The minimum absolute atomic E-state index is 0.505. The molecule has 2 aromatic rings. The highest BCUT2D eigenvalue weighted by Gasteiger charge is 2.06. The van der Waals surface area contributed by atoms with Gasteiger partial charge in [0.25, 0.3) is 6.29 Å². The summed E-state index contributed by atoms with van der Waals surface area (Å²) < 4.78 is 1.54. The molecule has 0 atom stereocenters. The molecule has 0 saturated heterocycles. The zero-order chi connectivity index (χ0) is 8.55. The summed E-state index contributed by atoms with van der Waals surface area (Å²) in [5, 5.41) is 4.99. The van der Waals surface area contributed by atoms with E-state index in [1.807, 2.05) is 30.6 Å². The van der Waals surface area contributed by atoms with Crippen LogP contribution in [0.4, 0.5) is 0 Å². The molecular weight excluding hydrogens is 152 g/mol. The van der Waals surface area contributed by atoms with Gasteiger partial charge in [-0.2, -0.15) is 5.10 Å². The number of rotatable bonds is 1. The lowest BCUT2D eigenvalue weighted by Crippen LogP contribution is -1.95. The summed E-state index contributed by atoms with van der Waals surface area (Å²) in [6, 6.07) is 7.51. The van der Waals surface area contributed by atoms with Gasteiger partial charge in [0.1, 0.15) is 5.69 Å². The number of aryl methyl sites for hydroxylation is 1. The SMILES string of the molecule is Cn1nc2ccccc2c1[C]=O. The Bertz CT molecular complexity index is 431. The lowest BCUT2D eigenvalue weighted by Gasteiger charge is -1.87. The summed E-state index contributed by atoms with van der Waals surface area (Å²) in [7, 11) is 1.74. The first-order valence-electron chi connectivity index (χ1n) is 3.63. The Morgan fingerprint density at radius 3 is 2.92 bits per heavy atom. The first kappa shape index (κ1) is 7.03. The number of hydrogen-bond donors (Lipinski definition) is 0. The van der Waals surface area contributed by atoms with E-state index in [0.717, 1.165) is 10.9 Å². The van der Waals surface area contributed by atoms with Gasteiger partial charge < -0.3 is 0 Å². The lowest BCUT2D eigenvalue weighted by atomic mass is 10.2. The van der Waals surface area contributed by atoms with Crippen molar-refractivity contribution in [1.29, 1.82) is 0 Å². The summed E-state index contributed by atoms with van der Waals surface area (Å²) >= 11 is 0. The highest BCUT2D eigenvalue weighted by molar-refractivity contribution is 5.95. The molecule has 0 spiro atoms. The molecule has 0 bridgehead atoms. The average Bonchev–Trinajstić information content (AvgIpc) is 2.40. The van der Waals surface area contributed by atoms with Gasteiger partial charge in [-0.15, -0.1) is 0 Å². The molecule has 1 aromatic heterocycles. The zero-order valence-corrected chi connectivity index (χ0v) is 6.61. The average molecular weight is 159 g/mol. The normalized spacial score (nSPS) is 10.4. The van der Waals surface area contributed by atoms with E-state index in [1.54, 1.807) is 7.05 Å². The van der Waals surface area contributed by atoms with Gasteiger partial charge in [-0.25, -0.2) is 0 Å². The van der Waals surface area contributed by atoms with E-state index in [9.17, 15) is 4.79 Å². The zero-order valence-electron chi connectivity index (χ0n) is 6.61. The van der Waals surface area contributed by atoms with Crippen LogP contribution < -0.4 is 0 Å². The van der Waals surface area contributed by atoms with Crippen LogP contribution in [0, 0.1) is 0 Å². The molecule has 0 aliphatic rings. The molecule has 0 N–H and O–H groups in total. The van der Waals surface area contributed by atoms with Crippen LogP contribution in [0.15, 0.2) is 24.3 Å². The second-order valence-corrected chi connectivity index (χ2v) is 2.59. The van der Waals surface area contributed by atoms with Crippen LogP contribution in [0.3, 0.4) is 0 Å². The number of fused-ring (bicyclic) bond motifs is 1. The Morgan fingerprint density at radius 2 is 2.17 bits per heavy atom. The van der Waals surface area contributed by atoms with Gasteiger partial charge in [-0.05, 0) is 6.07 Å². The highest BCUT2D eigenvalue weighted by Crippen LogP contribution is 2.14. The van der Waals surface area contributed by atoms with Gasteiger partial charge in [0.2, 0.25) is 0 Å². The van der Waals surface area contributed by atoms with E-state index < -0.39 is 0 Å². The van der Waals surface area contributed by atoms with E-state index in [1.165, 1.54) is 4.68 Å². The van der Waals surface area contributed by atoms with Crippen molar-refractivity contribution in [1.82, 2.24) is 9.78 Å². The number of hydrogen-bond acceptors (Lipinski definition) is 2. The van der Waals surface area contributed by atoms with E-state index in [2.05, 4.69) is 5.10 Å². The fraction of sp³-hybridized carbons (Fsp3) is 0.111. The number of nitrogens with zero attached hydrogens (tertiary/aromatic N) is 2. The van der Waals surface area contributed by atoms with Crippen molar-refractivity contribution in [2.75, 3.05) is 0 Å². The van der Waals surface area contributed by atoms with Gasteiger partial charge in [0.15, 0.2) is 0 Å². The third-order valence-electron chi connectivity index (χ3n) is 1.84. The third kappa shape index (κ3) is 0.830. The number of aromatic nitrogens is 2. The van der Waals surface area contributed by atoms with Crippen LogP contribution in [0.5, 0.6) is 0 Å². The van der Waals surface area contributed by atoms with Crippen molar-refractivity contribution in [3.63, 3.8) is 0 Å². The molecule has 0 aliphatic carbocycles. The van der Waals surface area contributed by atoms with Crippen LogP contribution in [0.2, 0.25) is 0 Å². The summed E-state index contributed by atoms with van der Waals surface area (Å²) in [6.45, 7) is 0. The Hall–Kier alpha value is -1.64. The smallest absolute Gasteiger partial charge is 0.253 e. The molecule has 1 heterocycles. The fourth-order valence-corrected chi connectivity index (χ4v) is 1.27. The molecule has 0 fully saturated rings. The molecule has 0 saturated carbocycles. The Labute approximate surface area is 69.6 Å². The van der Waals surface area contributed by atoms with Crippen molar-refractivity contribution >= 4 is 17.2 Å². The number of benzene rings is 1. The summed E-state index contributed by atoms with van der Waals surface area (Å²) in [6.07, 6.45) is 1.87. The molecule has 59 valence electrons. The molecule has 2 rings (SSSR count). The second kappa shape index (κ2) is 2.44. The molecular formula is C9H7N2O. The quantitative estimate of drug-likeness (QED) is 0.623. The molecule has 1 radical (unpaired) electrons. The molecule has 3 nitrogen and oxygen atoms in total. The van der Waals surface area contributed by atoms with Crippen LogP contribution in [0.25, 0.3) is 10.9 Å². The van der Waals surface area contributed by atoms with Crippen molar-refractivity contribution in [3.8, 4) is 0 Å². The standard InChI is InChI=1S/C9H7N2O/c1-11-9(6-12)7-4-2-3-5-8(7)10-11/h2-5H,1H3. The molecule has 1 aromatic carbocycles. The van der Waals surface area contributed by atoms with E-state index in [4.69, 9.17) is 0 Å². The summed E-state index contributed by atoms with van der Waals surface area (Å²) in [4.78, 5) is 10.5. The van der Waals surface area contributed by atoms with Crippen LogP contribution >= 0.6 is 0 Å². The fourth-order valence-electron chi connectivity index (χ4n) is 1.27. The van der Waals surface area contributed by atoms with Gasteiger partial charge in [0, 0.05) is 12.4 Å². The minimum Gasteiger partial charge on any atom is -0.283 e. The maximum atomic E-state index is 10.5. The van der Waals surface area contributed by atoms with E-state index in [0.29, 0.717) is 5.69 Å². The predicted octanol–water partition coefficient (Wildman–Crippen LogP) is 1.03. The Balaban J connectivity index is 2.90. The second-order valence-electron chi connectivity index (χ2n) is 2.59. The van der Waals surface area contributed by atoms with Crippen LogP contribution in [-0.4, -0.2) is 16.1 Å². The summed E-state index contributed by atoms with van der Waals surface area (Å²) in [5.74, 6) is 0. The van der Waals surface area contributed by atoms with Gasteiger partial charge in [-0.3, -0.25) is 9.48 Å². The molecule has 12 heavy (non-hydrogen) atoms. The van der Waals surface area contributed by atoms with Crippen molar-refractivity contribution in [2.45, 2.75) is 0 Å². The first-order valence-corrected chi connectivity index (χ1v) is 3.63. The molecule has 3 heteroatoms. The van der Waals surface area contributed by atoms with E-state index >= 15 is 0 Å². The van der Waals surface area contributed by atoms with Crippen molar-refractivity contribution in [3.05, 3.63) is 30.0 Å². The molecule has 0 amide bonds. The predicted molar refractivity (Wildman–Crippen MR) is 45.5 cm³/mol. The highest BCUT2D eigenvalue weighted by atomic mass is 16.1. The van der Waals surface area contributed by atoms with E-state index in [-0.39, 0.29) is 0 Å². The van der Waals surface area contributed by atoms with Gasteiger partial charge in [0.05, 0.1) is 5.52 Å². The van der Waals surface area contributed by atoms with Crippen LogP contribution in [-0.2, 0) is 11.8 Å². The molecule has 0 unspecified atom stereocenters. The summed E-state index contributed by atoms with van der Waals surface area (Å²) in [5.41, 5.74) is 1.34. The third-order valence-corrected chi connectivity index (χ3v) is 1.84. The topological polar surface area (TPSA) is 34.9 Å². The monoisotopic (exact) mass is 159 g/mol. The maximum absolute atomic E-state index is 10.5. The van der Waals surface area contributed by atoms with Crippen LogP contribution in [0.1, 0.15) is 5.69 Å². The Kier molecular flexibility index (Phi) is 1.43. The molecule has 0 aliphatic heterocycles. The lowest BCUT2D eigenvalue weighted by molar-refractivity contribution is 0.558. The van der Waals surface area contributed by atoms with Crippen molar-refractivity contribution in [2.24, 2.45) is 7.05 Å². The first-order chi connectivity index (χ1) is 5.83. The maximum Gasteiger partial charge on any atom is 0.253 e.